The molecule has 0 amide bonds. The van der Waals surface area contributed by atoms with Gasteiger partial charge < -0.3 is 14.8 Å². The molecule has 1 fully saturated rings. The number of nitrogens with one attached hydrogen (secondary N) is 1. The zero-order valence-corrected chi connectivity index (χ0v) is 16.9. The summed E-state index contributed by atoms with van der Waals surface area (Å²) in [5.74, 6) is 0.829. The molecule has 0 aliphatic carbocycles. The van der Waals surface area contributed by atoms with Gasteiger partial charge in [-0.3, -0.25) is 15.0 Å². The number of ether oxygens (including phenoxy) is 2. The highest BCUT2D eigenvalue weighted by Gasteiger charge is 2.23. The van der Waals surface area contributed by atoms with Crippen molar-refractivity contribution in [3.63, 3.8) is 0 Å². The summed E-state index contributed by atoms with van der Waals surface area (Å²) in [6, 6.07) is 13.0. The Balaban J connectivity index is 1.53. The van der Waals surface area contributed by atoms with E-state index in [4.69, 9.17) is 9.47 Å². The van der Waals surface area contributed by atoms with Crippen molar-refractivity contribution in [2.24, 2.45) is 0 Å². The summed E-state index contributed by atoms with van der Waals surface area (Å²) in [4.78, 5) is 17.6. The zero-order chi connectivity index (χ0) is 20.2. The standard InChI is InChI=1S/C20H22N4O4S/c1-27-16-5-2-14(3-6-16)18(23-8-10-28-11-9-23)13-21-20-22-17-7-4-15(24(25)26)12-19(17)29-20/h2-7,12,18H,8-11,13H2,1H3,(H,21,22). The maximum Gasteiger partial charge on any atom is 0.270 e. The van der Waals surface area contributed by atoms with E-state index in [1.807, 2.05) is 12.1 Å². The van der Waals surface area contributed by atoms with E-state index in [1.165, 1.54) is 23.0 Å². The number of fused-ring (bicyclic) bond motifs is 1. The number of aromatic nitrogens is 1. The number of anilines is 1. The van der Waals surface area contributed by atoms with Crippen molar-refractivity contribution in [1.29, 1.82) is 0 Å². The van der Waals surface area contributed by atoms with E-state index in [9.17, 15) is 10.1 Å². The van der Waals surface area contributed by atoms with Gasteiger partial charge in [0.1, 0.15) is 5.75 Å². The van der Waals surface area contributed by atoms with Gasteiger partial charge in [-0.05, 0) is 23.8 Å². The zero-order valence-electron chi connectivity index (χ0n) is 16.0. The van der Waals surface area contributed by atoms with Gasteiger partial charge in [0.25, 0.3) is 5.69 Å². The smallest absolute Gasteiger partial charge is 0.270 e. The highest BCUT2D eigenvalue weighted by molar-refractivity contribution is 7.22. The monoisotopic (exact) mass is 414 g/mol. The number of hydrogen-bond donors (Lipinski definition) is 1. The molecule has 1 aliphatic heterocycles. The third kappa shape index (κ3) is 4.47. The van der Waals surface area contributed by atoms with Crippen LogP contribution in [0.3, 0.4) is 0 Å². The van der Waals surface area contributed by atoms with E-state index in [-0.39, 0.29) is 16.7 Å². The van der Waals surface area contributed by atoms with Crippen molar-refractivity contribution in [3.05, 3.63) is 58.1 Å². The maximum absolute atomic E-state index is 11.0. The molecule has 0 radical (unpaired) electrons. The number of methoxy groups -OCH3 is 1. The highest BCUT2D eigenvalue weighted by Crippen LogP contribution is 2.30. The summed E-state index contributed by atoms with van der Waals surface area (Å²) >= 11 is 1.43. The van der Waals surface area contributed by atoms with Gasteiger partial charge in [0.2, 0.25) is 0 Å². The molecule has 152 valence electrons. The summed E-state index contributed by atoms with van der Waals surface area (Å²) in [5.41, 5.74) is 2.03. The first-order valence-electron chi connectivity index (χ1n) is 9.38. The number of morpholine rings is 1. The Labute approximate surface area is 172 Å². The van der Waals surface area contributed by atoms with Gasteiger partial charge in [-0.1, -0.05) is 23.5 Å². The van der Waals surface area contributed by atoms with Crippen LogP contribution in [0.4, 0.5) is 10.8 Å². The van der Waals surface area contributed by atoms with Gasteiger partial charge in [0, 0.05) is 31.8 Å². The largest absolute Gasteiger partial charge is 0.497 e. The molecule has 1 N–H and O–H groups in total. The van der Waals surface area contributed by atoms with Crippen molar-refractivity contribution < 1.29 is 14.4 Å². The van der Waals surface area contributed by atoms with Crippen LogP contribution in [-0.4, -0.2) is 54.8 Å². The number of rotatable bonds is 7. The van der Waals surface area contributed by atoms with Crippen molar-refractivity contribution in [2.75, 3.05) is 45.3 Å². The summed E-state index contributed by atoms with van der Waals surface area (Å²) in [5, 5.41) is 15.2. The quantitative estimate of drug-likeness (QED) is 0.466. The van der Waals surface area contributed by atoms with Crippen LogP contribution >= 0.6 is 11.3 Å². The first-order chi connectivity index (χ1) is 14.1. The number of thiazole rings is 1. The second-order valence-corrected chi connectivity index (χ2v) is 7.78. The lowest BCUT2D eigenvalue weighted by atomic mass is 10.0. The minimum absolute atomic E-state index is 0.0807. The Hall–Kier alpha value is -2.75. The van der Waals surface area contributed by atoms with E-state index < -0.39 is 0 Å². The van der Waals surface area contributed by atoms with E-state index >= 15 is 0 Å². The minimum Gasteiger partial charge on any atom is -0.497 e. The molecule has 0 spiro atoms. The van der Waals surface area contributed by atoms with E-state index in [2.05, 4.69) is 27.3 Å². The van der Waals surface area contributed by atoms with Gasteiger partial charge in [0.05, 0.1) is 41.5 Å². The Morgan fingerprint density at radius 3 is 2.72 bits per heavy atom. The Kier molecular flexibility index (Phi) is 5.89. The van der Waals surface area contributed by atoms with Crippen LogP contribution in [-0.2, 0) is 4.74 Å². The molecular weight excluding hydrogens is 392 g/mol. The predicted octanol–water partition coefficient (Wildman–Crippen LogP) is 3.70. The van der Waals surface area contributed by atoms with E-state index in [1.54, 1.807) is 19.2 Å². The summed E-state index contributed by atoms with van der Waals surface area (Å²) < 4.78 is 11.6. The van der Waals surface area contributed by atoms with Crippen molar-refractivity contribution in [1.82, 2.24) is 9.88 Å². The molecule has 1 unspecified atom stereocenters. The molecular formula is C20H22N4O4S. The number of nitro benzene ring substituents is 1. The second-order valence-electron chi connectivity index (χ2n) is 6.75. The van der Waals surface area contributed by atoms with Gasteiger partial charge in [0.15, 0.2) is 5.13 Å². The number of benzene rings is 2. The molecule has 2 heterocycles. The molecule has 2 aromatic carbocycles. The number of non-ortho nitro benzene ring substituents is 1. The molecule has 29 heavy (non-hydrogen) atoms. The van der Waals surface area contributed by atoms with Crippen LogP contribution in [0.15, 0.2) is 42.5 Å². The van der Waals surface area contributed by atoms with Gasteiger partial charge in [-0.2, -0.15) is 0 Å². The number of hydrogen-bond acceptors (Lipinski definition) is 8. The van der Waals surface area contributed by atoms with E-state index in [0.29, 0.717) is 6.54 Å². The lowest BCUT2D eigenvalue weighted by Gasteiger charge is -2.35. The minimum atomic E-state index is -0.385. The average Bonchev–Trinajstić information content (AvgIpc) is 3.17. The summed E-state index contributed by atoms with van der Waals surface area (Å²) in [7, 11) is 1.66. The predicted molar refractivity (Wildman–Crippen MR) is 113 cm³/mol. The Morgan fingerprint density at radius 1 is 1.28 bits per heavy atom. The highest BCUT2D eigenvalue weighted by atomic mass is 32.1. The van der Waals surface area contributed by atoms with Crippen molar-refractivity contribution >= 4 is 32.4 Å². The lowest BCUT2D eigenvalue weighted by Crippen LogP contribution is -2.41. The molecule has 3 aromatic rings. The van der Waals surface area contributed by atoms with Crippen LogP contribution in [0.2, 0.25) is 0 Å². The molecule has 1 aliphatic rings. The van der Waals surface area contributed by atoms with Crippen LogP contribution in [0, 0.1) is 10.1 Å². The van der Waals surface area contributed by atoms with Crippen molar-refractivity contribution in [2.45, 2.75) is 6.04 Å². The number of nitrogens with zero attached hydrogens (tertiary/aromatic N) is 3. The number of nitro groups is 1. The molecule has 4 rings (SSSR count). The maximum atomic E-state index is 11.0. The van der Waals surface area contributed by atoms with Crippen molar-refractivity contribution in [3.8, 4) is 5.75 Å². The van der Waals surface area contributed by atoms with Crippen LogP contribution in [0.25, 0.3) is 10.2 Å². The molecule has 8 nitrogen and oxygen atoms in total. The normalized spacial score (nSPS) is 15.9. The lowest BCUT2D eigenvalue weighted by molar-refractivity contribution is -0.384. The fourth-order valence-corrected chi connectivity index (χ4v) is 4.37. The van der Waals surface area contributed by atoms with Crippen LogP contribution < -0.4 is 10.1 Å². The third-order valence-corrected chi connectivity index (χ3v) is 5.99. The SMILES string of the molecule is COc1ccc(C(CNc2nc3ccc([N+](=O)[O-])cc3s2)N2CCOCC2)cc1. The van der Waals surface area contributed by atoms with E-state index in [0.717, 1.165) is 47.4 Å². The first-order valence-corrected chi connectivity index (χ1v) is 10.2. The molecule has 1 atom stereocenters. The third-order valence-electron chi connectivity index (χ3n) is 5.02. The molecule has 1 aromatic heterocycles. The first kappa shape index (κ1) is 19.6. The summed E-state index contributed by atoms with van der Waals surface area (Å²) in [6.45, 7) is 3.85. The fraction of sp³-hybridized carbons (Fsp3) is 0.350. The Bertz CT molecular complexity index is 986. The molecule has 0 saturated carbocycles. The van der Waals surface area contributed by atoms with Gasteiger partial charge in [-0.25, -0.2) is 4.98 Å². The topological polar surface area (TPSA) is 89.8 Å². The van der Waals surface area contributed by atoms with Gasteiger partial charge >= 0.3 is 0 Å². The van der Waals surface area contributed by atoms with Crippen LogP contribution in [0.1, 0.15) is 11.6 Å². The van der Waals surface area contributed by atoms with Crippen LogP contribution in [0.5, 0.6) is 5.75 Å². The summed E-state index contributed by atoms with van der Waals surface area (Å²) in [6.07, 6.45) is 0. The Morgan fingerprint density at radius 2 is 2.03 bits per heavy atom. The fourth-order valence-electron chi connectivity index (χ4n) is 3.46. The van der Waals surface area contributed by atoms with Gasteiger partial charge in [-0.15, -0.1) is 0 Å². The average molecular weight is 414 g/mol. The molecule has 0 bridgehead atoms. The molecule has 9 heteroatoms. The molecule has 1 saturated heterocycles. The second kappa shape index (κ2) is 8.73.